The molecule has 0 radical (unpaired) electrons. The SMILES string of the molecule is COc1c(Cl)c(OCc2ccccc2)c(Cl)c(C)c1C(=O)OC[C@H]1O[C@H](O)[C@H](OC)[C@@H](O)[C@@H]1O. The van der Waals surface area contributed by atoms with Gasteiger partial charge in [-0.1, -0.05) is 53.5 Å². The van der Waals surface area contributed by atoms with Gasteiger partial charge in [-0.15, -0.1) is 0 Å². The van der Waals surface area contributed by atoms with Crippen LogP contribution < -0.4 is 9.47 Å². The third-order valence-electron chi connectivity index (χ3n) is 5.48. The van der Waals surface area contributed by atoms with Crippen LogP contribution in [0.2, 0.25) is 10.0 Å². The predicted molar refractivity (Wildman–Crippen MR) is 122 cm³/mol. The summed E-state index contributed by atoms with van der Waals surface area (Å²) in [5, 5.41) is 30.4. The maximum Gasteiger partial charge on any atom is 0.342 e. The lowest BCUT2D eigenvalue weighted by atomic mass is 9.99. The Morgan fingerprint density at radius 2 is 1.71 bits per heavy atom. The Labute approximate surface area is 206 Å². The van der Waals surface area contributed by atoms with Crippen molar-refractivity contribution in [2.45, 2.75) is 44.2 Å². The summed E-state index contributed by atoms with van der Waals surface area (Å²) < 4.78 is 26.6. The van der Waals surface area contributed by atoms with Crippen molar-refractivity contribution in [2.75, 3.05) is 20.8 Å². The first-order valence-electron chi connectivity index (χ1n) is 10.3. The van der Waals surface area contributed by atoms with Crippen molar-refractivity contribution in [1.29, 1.82) is 0 Å². The van der Waals surface area contributed by atoms with Crippen LogP contribution in [-0.4, -0.2) is 72.8 Å². The van der Waals surface area contributed by atoms with Crippen molar-refractivity contribution in [1.82, 2.24) is 0 Å². The minimum absolute atomic E-state index is 0.00116. The third kappa shape index (κ3) is 5.41. The molecule has 0 aromatic heterocycles. The van der Waals surface area contributed by atoms with E-state index in [1.165, 1.54) is 14.2 Å². The molecular formula is C23H26Cl2O9. The fourth-order valence-corrected chi connectivity index (χ4v) is 4.21. The van der Waals surface area contributed by atoms with Crippen molar-refractivity contribution in [3.05, 3.63) is 57.1 Å². The Morgan fingerprint density at radius 3 is 2.32 bits per heavy atom. The molecule has 11 heteroatoms. The molecule has 0 saturated carbocycles. The normalized spacial score (nSPS) is 24.5. The average Bonchev–Trinajstić information content (AvgIpc) is 2.83. The maximum absolute atomic E-state index is 12.9. The van der Waals surface area contributed by atoms with Gasteiger partial charge in [0.2, 0.25) is 0 Å². The van der Waals surface area contributed by atoms with Gasteiger partial charge in [0.05, 0.1) is 12.1 Å². The quantitative estimate of drug-likeness (QED) is 0.453. The zero-order chi connectivity index (χ0) is 25.0. The molecule has 34 heavy (non-hydrogen) atoms. The fourth-order valence-electron chi connectivity index (χ4n) is 3.60. The molecule has 5 atom stereocenters. The first-order valence-corrected chi connectivity index (χ1v) is 11.1. The van der Waals surface area contributed by atoms with Crippen molar-refractivity contribution in [2.24, 2.45) is 0 Å². The van der Waals surface area contributed by atoms with E-state index in [4.69, 9.17) is 46.9 Å². The topological polar surface area (TPSA) is 124 Å². The van der Waals surface area contributed by atoms with Crippen molar-refractivity contribution in [3.8, 4) is 11.5 Å². The molecular weight excluding hydrogens is 491 g/mol. The second-order valence-corrected chi connectivity index (χ2v) is 8.37. The molecule has 0 aliphatic carbocycles. The van der Waals surface area contributed by atoms with Gasteiger partial charge < -0.3 is 39.0 Å². The van der Waals surface area contributed by atoms with E-state index in [0.29, 0.717) is 5.56 Å². The van der Waals surface area contributed by atoms with Gasteiger partial charge in [0.15, 0.2) is 17.8 Å². The van der Waals surface area contributed by atoms with E-state index < -0.39 is 43.3 Å². The van der Waals surface area contributed by atoms with E-state index in [0.717, 1.165) is 5.56 Å². The van der Waals surface area contributed by atoms with Crippen LogP contribution in [0.1, 0.15) is 21.5 Å². The summed E-state index contributed by atoms with van der Waals surface area (Å²) in [6, 6.07) is 9.37. The lowest BCUT2D eigenvalue weighted by molar-refractivity contribution is -0.291. The van der Waals surface area contributed by atoms with Crippen molar-refractivity contribution in [3.63, 3.8) is 0 Å². The molecule has 0 amide bonds. The molecule has 186 valence electrons. The van der Waals surface area contributed by atoms with Crippen LogP contribution in [-0.2, 0) is 20.8 Å². The molecule has 2 aromatic carbocycles. The van der Waals surface area contributed by atoms with Crippen LogP contribution in [0.3, 0.4) is 0 Å². The predicted octanol–water partition coefficient (Wildman–Crippen LogP) is 2.50. The Bertz CT molecular complexity index is 1000. The summed E-state index contributed by atoms with van der Waals surface area (Å²) in [6.45, 7) is 1.29. The van der Waals surface area contributed by atoms with E-state index >= 15 is 0 Å². The van der Waals surface area contributed by atoms with E-state index in [1.54, 1.807) is 6.92 Å². The van der Waals surface area contributed by atoms with Crippen LogP contribution in [0, 0.1) is 6.92 Å². The van der Waals surface area contributed by atoms with Crippen LogP contribution in [0.15, 0.2) is 30.3 Å². The first-order chi connectivity index (χ1) is 16.2. The summed E-state index contributed by atoms with van der Waals surface area (Å²) in [7, 11) is 2.58. The standard InChI is InChI=1S/C23H26Cl2O9/c1-11-14(22(28)33-10-13-17(26)18(27)21(31-3)23(29)34-13)19(30-2)16(25)20(15(11)24)32-9-12-7-5-4-6-8-12/h4-8,13,17-18,21,23,26-27,29H,9-10H2,1-3H3/t13-,17-,18+,21-,23+/m1/s1. The van der Waals surface area contributed by atoms with Gasteiger partial charge in [0.25, 0.3) is 0 Å². The molecule has 3 N–H and O–H groups in total. The van der Waals surface area contributed by atoms with Crippen molar-refractivity contribution < 1.29 is 43.8 Å². The van der Waals surface area contributed by atoms with Gasteiger partial charge in [-0.25, -0.2) is 4.79 Å². The van der Waals surface area contributed by atoms with Crippen LogP contribution in [0.4, 0.5) is 0 Å². The number of hydrogen-bond donors (Lipinski definition) is 3. The fraction of sp³-hybridized carbons (Fsp3) is 0.435. The highest BCUT2D eigenvalue weighted by molar-refractivity contribution is 6.39. The summed E-state index contributed by atoms with van der Waals surface area (Å²) >= 11 is 12.9. The number of rotatable bonds is 8. The molecule has 1 heterocycles. The number of methoxy groups -OCH3 is 2. The maximum atomic E-state index is 12.9. The molecule has 3 rings (SSSR count). The van der Waals surface area contributed by atoms with Crippen LogP contribution in [0.25, 0.3) is 0 Å². The third-order valence-corrected chi connectivity index (χ3v) is 6.28. The molecule has 0 unspecified atom stereocenters. The monoisotopic (exact) mass is 516 g/mol. The minimum Gasteiger partial charge on any atom is -0.494 e. The van der Waals surface area contributed by atoms with Gasteiger partial charge in [-0.05, 0) is 18.1 Å². The highest BCUT2D eigenvalue weighted by Gasteiger charge is 2.44. The molecule has 0 bridgehead atoms. The highest BCUT2D eigenvalue weighted by atomic mass is 35.5. The summed E-state index contributed by atoms with van der Waals surface area (Å²) in [6.07, 6.45) is -6.78. The van der Waals surface area contributed by atoms with Gasteiger partial charge in [-0.3, -0.25) is 0 Å². The number of carbonyl (C=O) groups is 1. The Balaban J connectivity index is 1.79. The molecule has 2 aromatic rings. The lowest BCUT2D eigenvalue weighted by Gasteiger charge is -2.39. The number of hydrogen-bond acceptors (Lipinski definition) is 9. The van der Waals surface area contributed by atoms with E-state index in [9.17, 15) is 20.1 Å². The minimum atomic E-state index is -1.52. The number of carbonyl (C=O) groups excluding carboxylic acids is 1. The number of halogens is 2. The largest absolute Gasteiger partial charge is 0.494 e. The molecule has 1 saturated heterocycles. The molecule has 9 nitrogen and oxygen atoms in total. The van der Waals surface area contributed by atoms with E-state index in [2.05, 4.69) is 0 Å². The number of aliphatic hydroxyl groups excluding tert-OH is 3. The molecule has 1 aliphatic heterocycles. The van der Waals surface area contributed by atoms with E-state index in [-0.39, 0.29) is 33.7 Å². The zero-order valence-corrected chi connectivity index (χ0v) is 20.2. The van der Waals surface area contributed by atoms with Crippen LogP contribution >= 0.6 is 23.2 Å². The average molecular weight is 517 g/mol. The number of esters is 1. The van der Waals surface area contributed by atoms with Gasteiger partial charge in [0, 0.05) is 7.11 Å². The summed E-state index contributed by atoms with van der Waals surface area (Å²) in [4.78, 5) is 12.9. The number of ether oxygens (including phenoxy) is 5. The smallest absolute Gasteiger partial charge is 0.342 e. The highest BCUT2D eigenvalue weighted by Crippen LogP contribution is 2.45. The molecule has 1 fully saturated rings. The van der Waals surface area contributed by atoms with Gasteiger partial charge >= 0.3 is 5.97 Å². The number of aliphatic hydroxyl groups is 3. The Hall–Kier alpha value is -2.11. The molecule has 1 aliphatic rings. The van der Waals surface area contributed by atoms with Crippen LogP contribution in [0.5, 0.6) is 11.5 Å². The summed E-state index contributed by atoms with van der Waals surface area (Å²) in [5.74, 6) is -0.705. The van der Waals surface area contributed by atoms with Crippen molar-refractivity contribution >= 4 is 29.2 Å². The summed E-state index contributed by atoms with van der Waals surface area (Å²) in [5.41, 5.74) is 1.16. The second kappa shape index (κ2) is 11.5. The lowest BCUT2D eigenvalue weighted by Crippen LogP contribution is -2.59. The Kier molecular flexibility index (Phi) is 9.00. The van der Waals surface area contributed by atoms with Gasteiger partial charge in [-0.2, -0.15) is 0 Å². The first kappa shape index (κ1) is 26.5. The number of benzene rings is 2. The second-order valence-electron chi connectivity index (χ2n) is 7.61. The molecule has 0 spiro atoms. The zero-order valence-electron chi connectivity index (χ0n) is 18.7. The Morgan fingerprint density at radius 1 is 1.03 bits per heavy atom. The van der Waals surface area contributed by atoms with E-state index in [1.807, 2.05) is 30.3 Å². The van der Waals surface area contributed by atoms with Gasteiger partial charge in [0.1, 0.15) is 48.2 Å².